The van der Waals surface area contributed by atoms with Gasteiger partial charge in [0.05, 0.1) is 6.04 Å². The molecular formula is C15H16F3NOS. The van der Waals surface area contributed by atoms with Crippen LogP contribution in [0.15, 0.2) is 41.8 Å². The van der Waals surface area contributed by atoms with E-state index in [4.69, 9.17) is 0 Å². The number of halogens is 3. The predicted octanol–water partition coefficient (Wildman–Crippen LogP) is 5.46. The summed E-state index contributed by atoms with van der Waals surface area (Å²) in [5.74, 6) is 0.0806. The fourth-order valence-corrected chi connectivity index (χ4v) is 2.95. The Kier molecular flexibility index (Phi) is 4.77. The third-order valence-electron chi connectivity index (χ3n) is 2.91. The second kappa shape index (κ2) is 6.39. The van der Waals surface area contributed by atoms with Crippen molar-refractivity contribution in [2.75, 3.05) is 5.32 Å². The van der Waals surface area contributed by atoms with Crippen LogP contribution in [0.5, 0.6) is 5.75 Å². The lowest BCUT2D eigenvalue weighted by Gasteiger charge is -2.23. The highest BCUT2D eigenvalue weighted by atomic mass is 32.1. The van der Waals surface area contributed by atoms with Gasteiger partial charge in [0.2, 0.25) is 0 Å². The molecule has 1 aromatic heterocycles. The molecule has 0 bridgehead atoms. The maximum Gasteiger partial charge on any atom is 0.573 e. The SMILES string of the molecule is CC(C)C(Nc1cccc(OC(F)(F)F)c1)c1cccs1. The zero-order valence-electron chi connectivity index (χ0n) is 11.6. The molecule has 6 heteroatoms. The molecule has 0 aliphatic carbocycles. The van der Waals surface area contributed by atoms with Crippen LogP contribution in [0.3, 0.4) is 0 Å². The highest BCUT2D eigenvalue weighted by Crippen LogP contribution is 2.31. The summed E-state index contributed by atoms with van der Waals surface area (Å²) < 4.78 is 40.7. The lowest BCUT2D eigenvalue weighted by Crippen LogP contribution is -2.18. The summed E-state index contributed by atoms with van der Waals surface area (Å²) in [6, 6.07) is 9.93. The van der Waals surface area contributed by atoms with Gasteiger partial charge in [-0.3, -0.25) is 0 Å². The smallest absolute Gasteiger partial charge is 0.406 e. The van der Waals surface area contributed by atoms with Crippen LogP contribution >= 0.6 is 11.3 Å². The molecule has 2 nitrogen and oxygen atoms in total. The van der Waals surface area contributed by atoms with E-state index in [0.717, 1.165) is 4.88 Å². The number of hydrogen-bond donors (Lipinski definition) is 1. The zero-order valence-corrected chi connectivity index (χ0v) is 12.5. The highest BCUT2D eigenvalue weighted by molar-refractivity contribution is 7.10. The fourth-order valence-electron chi connectivity index (χ4n) is 2.00. The Morgan fingerprint density at radius 2 is 1.90 bits per heavy atom. The number of anilines is 1. The van der Waals surface area contributed by atoms with Crippen LogP contribution in [0, 0.1) is 5.92 Å². The van der Waals surface area contributed by atoms with Gasteiger partial charge in [-0.25, -0.2) is 0 Å². The van der Waals surface area contributed by atoms with Gasteiger partial charge in [-0.2, -0.15) is 0 Å². The maximum absolute atomic E-state index is 12.2. The maximum atomic E-state index is 12.2. The molecule has 1 atom stereocenters. The molecule has 1 aromatic carbocycles. The van der Waals surface area contributed by atoms with Crippen LogP contribution in [-0.2, 0) is 0 Å². The number of rotatable bonds is 5. The summed E-state index contributed by atoms with van der Waals surface area (Å²) in [6.45, 7) is 4.13. The van der Waals surface area contributed by atoms with Crippen LogP contribution in [0.25, 0.3) is 0 Å². The van der Waals surface area contributed by atoms with E-state index in [9.17, 15) is 13.2 Å². The summed E-state index contributed by atoms with van der Waals surface area (Å²) in [4.78, 5) is 1.15. The van der Waals surface area contributed by atoms with Gasteiger partial charge >= 0.3 is 6.36 Å². The quantitative estimate of drug-likeness (QED) is 0.791. The lowest BCUT2D eigenvalue weighted by atomic mass is 10.0. The summed E-state index contributed by atoms with van der Waals surface area (Å²) >= 11 is 1.62. The van der Waals surface area contributed by atoms with Gasteiger partial charge < -0.3 is 10.1 Å². The fraction of sp³-hybridized carbons (Fsp3) is 0.333. The summed E-state index contributed by atoms with van der Waals surface area (Å²) in [7, 11) is 0. The molecule has 1 N–H and O–H groups in total. The molecule has 0 aliphatic rings. The first kappa shape index (κ1) is 15.7. The Morgan fingerprint density at radius 1 is 1.14 bits per heavy atom. The van der Waals surface area contributed by atoms with Crippen LogP contribution in [-0.4, -0.2) is 6.36 Å². The van der Waals surface area contributed by atoms with Crippen LogP contribution in [0.4, 0.5) is 18.9 Å². The van der Waals surface area contributed by atoms with Crippen molar-refractivity contribution in [3.8, 4) is 5.75 Å². The van der Waals surface area contributed by atoms with Crippen molar-refractivity contribution in [2.45, 2.75) is 26.3 Å². The van der Waals surface area contributed by atoms with Crippen molar-refractivity contribution in [1.29, 1.82) is 0 Å². The van der Waals surface area contributed by atoms with Crippen LogP contribution in [0.2, 0.25) is 0 Å². The van der Waals surface area contributed by atoms with E-state index in [1.807, 2.05) is 17.5 Å². The van der Waals surface area contributed by atoms with Gasteiger partial charge in [0.1, 0.15) is 5.75 Å². The van der Waals surface area contributed by atoms with E-state index in [1.165, 1.54) is 18.2 Å². The monoisotopic (exact) mass is 315 g/mol. The Bertz CT molecular complexity index is 567. The molecule has 0 aliphatic heterocycles. The molecule has 0 saturated heterocycles. The van der Waals surface area contributed by atoms with Crippen molar-refractivity contribution >= 4 is 17.0 Å². The van der Waals surface area contributed by atoms with Gasteiger partial charge in [-0.05, 0) is 29.5 Å². The average molecular weight is 315 g/mol. The van der Waals surface area contributed by atoms with Gasteiger partial charge in [0.15, 0.2) is 0 Å². The molecule has 21 heavy (non-hydrogen) atoms. The summed E-state index contributed by atoms with van der Waals surface area (Å²) in [5.41, 5.74) is 0.601. The number of thiophene rings is 1. The number of ether oxygens (including phenoxy) is 1. The Labute approximate surface area is 125 Å². The van der Waals surface area contributed by atoms with Crippen molar-refractivity contribution in [3.05, 3.63) is 46.7 Å². The number of benzene rings is 1. The highest BCUT2D eigenvalue weighted by Gasteiger charge is 2.31. The molecule has 0 spiro atoms. The largest absolute Gasteiger partial charge is 0.573 e. The van der Waals surface area contributed by atoms with Crippen LogP contribution < -0.4 is 10.1 Å². The van der Waals surface area contributed by atoms with Gasteiger partial charge in [-0.1, -0.05) is 26.0 Å². The first-order chi connectivity index (χ1) is 9.85. The number of hydrogen-bond acceptors (Lipinski definition) is 3. The first-order valence-corrected chi connectivity index (χ1v) is 7.39. The normalized spacial score (nSPS) is 13.2. The first-order valence-electron chi connectivity index (χ1n) is 6.51. The van der Waals surface area contributed by atoms with Crippen molar-refractivity contribution in [3.63, 3.8) is 0 Å². The summed E-state index contributed by atoms with van der Waals surface area (Å²) in [6.07, 6.45) is -4.68. The van der Waals surface area contributed by atoms with E-state index in [2.05, 4.69) is 23.9 Å². The van der Waals surface area contributed by atoms with Crippen molar-refractivity contribution in [1.82, 2.24) is 0 Å². The average Bonchev–Trinajstić information content (AvgIpc) is 2.87. The number of nitrogens with one attached hydrogen (secondary N) is 1. The van der Waals surface area contributed by atoms with Gasteiger partial charge in [0.25, 0.3) is 0 Å². The third kappa shape index (κ3) is 4.67. The van der Waals surface area contributed by atoms with E-state index in [1.54, 1.807) is 17.4 Å². The molecule has 0 saturated carbocycles. The zero-order chi connectivity index (χ0) is 15.5. The Balaban J connectivity index is 2.16. The Hall–Kier alpha value is -1.69. The molecule has 2 aromatic rings. The topological polar surface area (TPSA) is 21.3 Å². The Morgan fingerprint density at radius 3 is 2.48 bits per heavy atom. The summed E-state index contributed by atoms with van der Waals surface area (Å²) in [5, 5.41) is 5.25. The van der Waals surface area contributed by atoms with E-state index >= 15 is 0 Å². The minimum Gasteiger partial charge on any atom is -0.406 e. The molecule has 1 heterocycles. The molecule has 0 amide bonds. The molecule has 114 valence electrons. The van der Waals surface area contributed by atoms with Crippen molar-refractivity contribution < 1.29 is 17.9 Å². The minimum atomic E-state index is -4.68. The van der Waals surface area contributed by atoms with E-state index in [-0.39, 0.29) is 11.8 Å². The minimum absolute atomic E-state index is 0.0473. The molecular weight excluding hydrogens is 299 g/mol. The molecule has 1 unspecified atom stereocenters. The van der Waals surface area contributed by atoms with E-state index in [0.29, 0.717) is 11.6 Å². The molecule has 2 rings (SSSR count). The standard InChI is InChI=1S/C15H16F3NOS/c1-10(2)14(13-7-4-8-21-13)19-11-5-3-6-12(9-11)20-15(16,17)18/h3-10,14,19H,1-2H3. The predicted molar refractivity (Wildman–Crippen MR) is 78.6 cm³/mol. The molecule has 0 radical (unpaired) electrons. The second-order valence-electron chi connectivity index (χ2n) is 4.96. The van der Waals surface area contributed by atoms with Crippen LogP contribution in [0.1, 0.15) is 24.8 Å². The van der Waals surface area contributed by atoms with Crippen molar-refractivity contribution in [2.24, 2.45) is 5.92 Å². The third-order valence-corrected chi connectivity index (χ3v) is 3.86. The molecule has 0 fully saturated rings. The second-order valence-corrected chi connectivity index (χ2v) is 5.94. The van der Waals surface area contributed by atoms with E-state index < -0.39 is 6.36 Å². The number of alkyl halides is 3. The van der Waals surface area contributed by atoms with Gasteiger partial charge in [0, 0.05) is 16.6 Å². The van der Waals surface area contributed by atoms with Gasteiger partial charge in [-0.15, -0.1) is 24.5 Å². The lowest BCUT2D eigenvalue weighted by molar-refractivity contribution is -0.274.